The van der Waals surface area contributed by atoms with Gasteiger partial charge in [-0.15, -0.1) is 0 Å². The first-order chi connectivity index (χ1) is 15.1. The number of halogens is 4. The Morgan fingerprint density at radius 1 is 0.594 bits per heavy atom. The van der Waals surface area contributed by atoms with Crippen LogP contribution in [0.3, 0.4) is 0 Å². The number of ether oxygens (including phenoxy) is 2. The molecule has 0 aromatic heterocycles. The van der Waals surface area contributed by atoms with Gasteiger partial charge in [-0.05, 0) is 88.4 Å². The normalized spacial score (nSPS) is 11.3. The second kappa shape index (κ2) is 15.9. The fourth-order valence-corrected chi connectivity index (χ4v) is 5.59. The zero-order valence-corrected chi connectivity index (χ0v) is 25.7. The van der Waals surface area contributed by atoms with Crippen LogP contribution >= 0.6 is 63.7 Å². The molecule has 182 valence electrons. The lowest BCUT2D eigenvalue weighted by molar-refractivity contribution is 0.0448. The zero-order chi connectivity index (χ0) is 24.3. The fraction of sp³-hybridized carbons (Fsp3) is 0.667. The van der Waals surface area contributed by atoms with Crippen LogP contribution in [0.1, 0.15) is 99.8 Å². The van der Waals surface area contributed by atoms with Crippen LogP contribution < -0.4 is 0 Å². The second-order valence-corrected chi connectivity index (χ2v) is 11.9. The van der Waals surface area contributed by atoms with Crippen LogP contribution in [0.5, 0.6) is 0 Å². The number of esters is 2. The van der Waals surface area contributed by atoms with E-state index in [-0.39, 0.29) is 11.1 Å². The number of hydrogen-bond acceptors (Lipinski definition) is 4. The molecule has 1 aromatic rings. The third kappa shape index (κ3) is 10.1. The largest absolute Gasteiger partial charge is 0.462 e. The highest BCUT2D eigenvalue weighted by Crippen LogP contribution is 2.42. The summed E-state index contributed by atoms with van der Waals surface area (Å²) in [5.41, 5.74) is 0.331. The second-order valence-electron chi connectivity index (χ2n) is 8.76. The van der Waals surface area contributed by atoms with Crippen LogP contribution in [0.15, 0.2) is 17.9 Å². The molecule has 0 aliphatic heterocycles. The summed E-state index contributed by atoms with van der Waals surface area (Å²) in [4.78, 5) is 25.8. The van der Waals surface area contributed by atoms with Crippen molar-refractivity contribution >= 4 is 75.7 Å². The van der Waals surface area contributed by atoms with Crippen molar-refractivity contribution in [3.63, 3.8) is 0 Å². The average molecular weight is 706 g/mol. The first-order valence-electron chi connectivity index (χ1n) is 11.3. The van der Waals surface area contributed by atoms with Gasteiger partial charge in [-0.25, -0.2) is 9.59 Å². The van der Waals surface area contributed by atoms with Gasteiger partial charge >= 0.3 is 11.9 Å². The quantitative estimate of drug-likeness (QED) is 0.0838. The first kappa shape index (κ1) is 30.1. The minimum absolute atomic E-state index is 0.166. The van der Waals surface area contributed by atoms with Crippen LogP contribution in [0, 0.1) is 11.8 Å². The molecule has 32 heavy (non-hydrogen) atoms. The Morgan fingerprint density at radius 2 is 0.938 bits per heavy atom. The third-order valence-electron chi connectivity index (χ3n) is 4.99. The highest BCUT2D eigenvalue weighted by Gasteiger charge is 2.29. The van der Waals surface area contributed by atoms with E-state index in [1.807, 2.05) is 0 Å². The Morgan fingerprint density at radius 3 is 1.25 bits per heavy atom. The molecule has 8 heteroatoms. The minimum atomic E-state index is -0.543. The Hall–Kier alpha value is 0.0800. The van der Waals surface area contributed by atoms with Crippen molar-refractivity contribution in [1.29, 1.82) is 0 Å². The standard InChI is InChI=1S/C24H34Br4O4/c1-15(2)11-7-5-9-13-31-23(29)17-18(20(26)22(28)21(27)19(17)25)24(30)32-14-10-6-8-12-16(3)4/h15-16H,5-14H2,1-4H3. The number of benzene rings is 1. The molecule has 0 spiro atoms. The molecule has 0 fully saturated rings. The molecule has 0 bridgehead atoms. The molecule has 0 aliphatic rings. The summed E-state index contributed by atoms with van der Waals surface area (Å²) in [7, 11) is 0. The topological polar surface area (TPSA) is 52.6 Å². The van der Waals surface area contributed by atoms with Gasteiger partial charge in [0.05, 0.1) is 24.3 Å². The van der Waals surface area contributed by atoms with Gasteiger partial charge in [-0.3, -0.25) is 0 Å². The van der Waals surface area contributed by atoms with E-state index in [4.69, 9.17) is 9.47 Å². The number of unbranched alkanes of at least 4 members (excludes halogenated alkanes) is 4. The van der Waals surface area contributed by atoms with E-state index in [0.29, 0.717) is 42.9 Å². The Kier molecular flexibility index (Phi) is 14.9. The molecular formula is C24H34Br4O4. The third-order valence-corrected chi connectivity index (χ3v) is 9.76. The summed E-state index contributed by atoms with van der Waals surface area (Å²) in [6, 6.07) is 0. The summed E-state index contributed by atoms with van der Waals surface area (Å²) >= 11 is 13.8. The molecule has 0 unspecified atom stereocenters. The van der Waals surface area contributed by atoms with Crippen molar-refractivity contribution in [2.75, 3.05) is 13.2 Å². The summed E-state index contributed by atoms with van der Waals surface area (Å²) in [6.45, 7) is 9.44. The van der Waals surface area contributed by atoms with Crippen molar-refractivity contribution in [2.24, 2.45) is 11.8 Å². The summed E-state index contributed by atoms with van der Waals surface area (Å²) < 4.78 is 13.2. The van der Waals surface area contributed by atoms with Crippen molar-refractivity contribution in [1.82, 2.24) is 0 Å². The van der Waals surface area contributed by atoms with Crippen molar-refractivity contribution in [2.45, 2.75) is 79.1 Å². The van der Waals surface area contributed by atoms with E-state index in [2.05, 4.69) is 91.4 Å². The first-order valence-corrected chi connectivity index (χ1v) is 14.4. The molecule has 0 saturated carbocycles. The fourth-order valence-electron chi connectivity index (χ4n) is 3.15. The highest BCUT2D eigenvalue weighted by atomic mass is 79.9. The number of carbonyl (C=O) groups is 2. The lowest BCUT2D eigenvalue weighted by atomic mass is 10.1. The molecule has 1 rings (SSSR count). The smallest absolute Gasteiger partial charge is 0.340 e. The Labute approximate surface area is 226 Å². The molecule has 0 saturated heterocycles. The van der Waals surface area contributed by atoms with Gasteiger partial charge in [0, 0.05) is 17.9 Å². The molecule has 0 amide bonds. The van der Waals surface area contributed by atoms with Crippen LogP contribution in [-0.4, -0.2) is 25.2 Å². The molecule has 0 heterocycles. The predicted molar refractivity (Wildman–Crippen MR) is 144 cm³/mol. The number of rotatable bonds is 14. The van der Waals surface area contributed by atoms with Crippen LogP contribution in [0.2, 0.25) is 0 Å². The van der Waals surface area contributed by atoms with Gasteiger partial charge in [-0.1, -0.05) is 66.2 Å². The van der Waals surface area contributed by atoms with E-state index in [9.17, 15) is 9.59 Å². The minimum Gasteiger partial charge on any atom is -0.462 e. The van der Waals surface area contributed by atoms with Crippen molar-refractivity contribution < 1.29 is 19.1 Å². The summed E-state index contributed by atoms with van der Waals surface area (Å²) in [5.74, 6) is 0.265. The molecule has 0 atom stereocenters. The van der Waals surface area contributed by atoms with Crippen LogP contribution in [0.4, 0.5) is 0 Å². The maximum Gasteiger partial charge on any atom is 0.340 e. The maximum absolute atomic E-state index is 12.9. The Balaban J connectivity index is 2.83. The van der Waals surface area contributed by atoms with E-state index in [0.717, 1.165) is 38.5 Å². The van der Waals surface area contributed by atoms with Crippen molar-refractivity contribution in [3.05, 3.63) is 29.0 Å². The number of hydrogen-bond donors (Lipinski definition) is 0. The average Bonchev–Trinajstić information content (AvgIpc) is 2.73. The van der Waals surface area contributed by atoms with Gasteiger partial charge in [0.15, 0.2) is 0 Å². The summed E-state index contributed by atoms with van der Waals surface area (Å²) in [6.07, 6.45) is 8.17. The number of carbonyl (C=O) groups excluding carboxylic acids is 2. The SMILES string of the molecule is CC(C)CCCCCOC(=O)c1c(Br)c(Br)c(Br)c(Br)c1C(=O)OCCCCCC(C)C. The molecule has 0 radical (unpaired) electrons. The van der Waals surface area contributed by atoms with Gasteiger partial charge < -0.3 is 9.47 Å². The van der Waals surface area contributed by atoms with Gasteiger partial charge in [0.1, 0.15) is 0 Å². The Bertz CT molecular complexity index is 700. The van der Waals surface area contributed by atoms with Gasteiger partial charge in [-0.2, -0.15) is 0 Å². The van der Waals surface area contributed by atoms with Crippen LogP contribution in [-0.2, 0) is 9.47 Å². The summed E-state index contributed by atoms with van der Waals surface area (Å²) in [5, 5.41) is 0. The van der Waals surface area contributed by atoms with E-state index < -0.39 is 11.9 Å². The predicted octanol–water partition coefficient (Wildman–Crippen LogP) is 9.48. The zero-order valence-electron chi connectivity index (χ0n) is 19.4. The van der Waals surface area contributed by atoms with Gasteiger partial charge in [0.25, 0.3) is 0 Å². The van der Waals surface area contributed by atoms with Crippen LogP contribution in [0.25, 0.3) is 0 Å². The molecule has 0 aliphatic carbocycles. The molecule has 0 N–H and O–H groups in total. The monoisotopic (exact) mass is 702 g/mol. The lowest BCUT2D eigenvalue weighted by Gasteiger charge is -2.16. The molecular weight excluding hydrogens is 672 g/mol. The highest BCUT2D eigenvalue weighted by molar-refractivity contribution is 9.15. The van der Waals surface area contributed by atoms with Gasteiger partial charge in [0.2, 0.25) is 0 Å². The lowest BCUT2D eigenvalue weighted by Crippen LogP contribution is -2.17. The molecule has 1 aromatic carbocycles. The maximum atomic E-state index is 12.9. The molecule has 4 nitrogen and oxygen atoms in total. The van der Waals surface area contributed by atoms with Crippen molar-refractivity contribution in [3.8, 4) is 0 Å². The van der Waals surface area contributed by atoms with E-state index in [1.165, 1.54) is 12.8 Å². The van der Waals surface area contributed by atoms with E-state index >= 15 is 0 Å². The van der Waals surface area contributed by atoms with E-state index in [1.54, 1.807) is 0 Å².